The first-order valence-electron chi connectivity index (χ1n) is 8.56. The Kier molecular flexibility index (Phi) is 5.60. The van der Waals surface area contributed by atoms with Crippen LogP contribution in [-0.2, 0) is 22.5 Å². The summed E-state index contributed by atoms with van der Waals surface area (Å²) in [6.07, 6.45) is 0.536. The molecule has 26 heavy (non-hydrogen) atoms. The zero-order valence-electron chi connectivity index (χ0n) is 15.0. The van der Waals surface area contributed by atoms with Crippen LogP contribution in [0, 0.1) is 0 Å². The molecule has 4 heteroatoms. The summed E-state index contributed by atoms with van der Waals surface area (Å²) in [5.74, 6) is -0.278. The molecule has 0 unspecified atom stereocenters. The van der Waals surface area contributed by atoms with Crippen molar-refractivity contribution in [2.75, 3.05) is 7.11 Å². The second kappa shape index (κ2) is 7.90. The predicted molar refractivity (Wildman–Crippen MR) is 106 cm³/mol. The van der Waals surface area contributed by atoms with Crippen molar-refractivity contribution in [3.63, 3.8) is 0 Å². The van der Waals surface area contributed by atoms with Crippen molar-refractivity contribution in [2.45, 2.75) is 25.4 Å². The Morgan fingerprint density at radius 3 is 2.46 bits per heavy atom. The zero-order valence-corrected chi connectivity index (χ0v) is 15.7. The van der Waals surface area contributed by atoms with Crippen LogP contribution in [0.2, 0.25) is 5.02 Å². The summed E-state index contributed by atoms with van der Waals surface area (Å²) in [6.45, 7) is 2.43. The number of halogens is 1. The Labute approximate surface area is 158 Å². The van der Waals surface area contributed by atoms with Crippen molar-refractivity contribution >= 4 is 28.3 Å². The van der Waals surface area contributed by atoms with E-state index in [9.17, 15) is 4.79 Å². The highest BCUT2D eigenvalue weighted by Gasteiger charge is 2.34. The topological polar surface area (TPSA) is 38.3 Å². The molecule has 0 aliphatic rings. The summed E-state index contributed by atoms with van der Waals surface area (Å²) >= 11 is 5.94. The third kappa shape index (κ3) is 4.06. The molecule has 3 aromatic rings. The first-order valence-corrected chi connectivity index (χ1v) is 8.94. The van der Waals surface area contributed by atoms with Gasteiger partial charge >= 0.3 is 5.97 Å². The third-order valence-electron chi connectivity index (χ3n) is 4.66. The smallest absolute Gasteiger partial charge is 0.326 e. The SMILES string of the molecule is COC(=O)[C@](C)(Cc1cccc2ccccc12)NCc1ccc(Cl)cc1. The molecule has 3 aromatic carbocycles. The van der Waals surface area contributed by atoms with Crippen molar-refractivity contribution in [3.8, 4) is 0 Å². The molecule has 134 valence electrons. The standard InChI is InChI=1S/C22H22ClNO2/c1-22(21(25)26-2,24-15-16-10-12-19(23)13-11-16)14-18-8-5-7-17-6-3-4-9-20(17)18/h3-13,24H,14-15H2,1-2H3/t22-/m0/s1. The number of carbonyl (C=O) groups excluding carboxylic acids is 1. The van der Waals surface area contributed by atoms with Crippen LogP contribution in [0.25, 0.3) is 10.8 Å². The number of carbonyl (C=O) groups is 1. The van der Waals surface area contributed by atoms with E-state index in [0.29, 0.717) is 18.0 Å². The predicted octanol–water partition coefficient (Wildman–Crippen LogP) is 4.76. The zero-order chi connectivity index (χ0) is 18.6. The Balaban J connectivity index is 1.87. The second-order valence-electron chi connectivity index (χ2n) is 6.62. The van der Waals surface area contributed by atoms with Gasteiger partial charge in [-0.3, -0.25) is 10.1 Å². The molecule has 3 nitrogen and oxygen atoms in total. The quantitative estimate of drug-likeness (QED) is 0.638. The number of esters is 1. The summed E-state index contributed by atoms with van der Waals surface area (Å²) in [7, 11) is 1.42. The van der Waals surface area contributed by atoms with Gasteiger partial charge in [0.1, 0.15) is 5.54 Å². The molecule has 0 radical (unpaired) electrons. The molecule has 0 saturated heterocycles. The van der Waals surface area contributed by atoms with Crippen LogP contribution in [0.1, 0.15) is 18.1 Å². The number of nitrogens with one attached hydrogen (secondary N) is 1. The van der Waals surface area contributed by atoms with E-state index < -0.39 is 5.54 Å². The van der Waals surface area contributed by atoms with E-state index >= 15 is 0 Å². The minimum atomic E-state index is -0.835. The van der Waals surface area contributed by atoms with E-state index in [4.69, 9.17) is 16.3 Å². The maximum Gasteiger partial charge on any atom is 0.326 e. The number of rotatable bonds is 6. The molecule has 0 bridgehead atoms. The molecule has 0 aromatic heterocycles. The first kappa shape index (κ1) is 18.4. The van der Waals surface area contributed by atoms with Crippen LogP contribution in [-0.4, -0.2) is 18.6 Å². The molecule has 1 N–H and O–H groups in total. The lowest BCUT2D eigenvalue weighted by Gasteiger charge is -2.29. The van der Waals surface area contributed by atoms with Gasteiger partial charge in [-0.25, -0.2) is 0 Å². The van der Waals surface area contributed by atoms with Crippen molar-refractivity contribution in [1.82, 2.24) is 5.32 Å². The minimum absolute atomic E-state index is 0.278. The van der Waals surface area contributed by atoms with Crippen LogP contribution >= 0.6 is 11.6 Å². The van der Waals surface area contributed by atoms with Crippen molar-refractivity contribution in [3.05, 3.63) is 82.9 Å². The fraction of sp³-hybridized carbons (Fsp3) is 0.227. The van der Waals surface area contributed by atoms with Crippen molar-refractivity contribution in [1.29, 1.82) is 0 Å². The third-order valence-corrected chi connectivity index (χ3v) is 4.91. The average Bonchev–Trinajstić information content (AvgIpc) is 2.67. The fourth-order valence-corrected chi connectivity index (χ4v) is 3.29. The summed E-state index contributed by atoms with van der Waals surface area (Å²) in [4.78, 5) is 12.5. The molecule has 0 aliphatic carbocycles. The summed E-state index contributed by atoms with van der Waals surface area (Å²) in [5.41, 5.74) is 1.33. The molecule has 0 fully saturated rings. The molecular weight excluding hydrogens is 346 g/mol. The number of ether oxygens (including phenoxy) is 1. The van der Waals surface area contributed by atoms with Crippen LogP contribution in [0.5, 0.6) is 0 Å². The van der Waals surface area contributed by atoms with Crippen LogP contribution in [0.15, 0.2) is 66.7 Å². The van der Waals surface area contributed by atoms with E-state index in [-0.39, 0.29) is 5.97 Å². The lowest BCUT2D eigenvalue weighted by molar-refractivity contribution is -0.148. The Morgan fingerprint density at radius 2 is 1.73 bits per heavy atom. The number of hydrogen-bond acceptors (Lipinski definition) is 3. The number of benzene rings is 3. The van der Waals surface area contributed by atoms with E-state index in [1.807, 2.05) is 49.4 Å². The summed E-state index contributed by atoms with van der Waals surface area (Å²) in [5, 5.41) is 6.39. The van der Waals surface area contributed by atoms with Crippen molar-refractivity contribution in [2.24, 2.45) is 0 Å². The van der Waals surface area contributed by atoms with E-state index in [1.165, 1.54) is 7.11 Å². The van der Waals surface area contributed by atoms with Gasteiger partial charge in [-0.2, -0.15) is 0 Å². The van der Waals surface area contributed by atoms with Gasteiger partial charge in [0.25, 0.3) is 0 Å². The van der Waals surface area contributed by atoms with Gasteiger partial charge in [0.15, 0.2) is 0 Å². The molecular formula is C22H22ClNO2. The number of fused-ring (bicyclic) bond motifs is 1. The van der Waals surface area contributed by atoms with Gasteiger partial charge in [-0.1, -0.05) is 66.2 Å². The van der Waals surface area contributed by atoms with Gasteiger partial charge in [-0.05, 0) is 41.0 Å². The lowest BCUT2D eigenvalue weighted by Crippen LogP contribution is -2.51. The number of methoxy groups -OCH3 is 1. The monoisotopic (exact) mass is 367 g/mol. The van der Waals surface area contributed by atoms with E-state index in [0.717, 1.165) is 21.9 Å². The lowest BCUT2D eigenvalue weighted by atomic mass is 9.89. The maximum absolute atomic E-state index is 12.5. The second-order valence-corrected chi connectivity index (χ2v) is 7.06. The van der Waals surface area contributed by atoms with Gasteiger partial charge in [0.05, 0.1) is 7.11 Å². The van der Waals surface area contributed by atoms with Crippen LogP contribution in [0.3, 0.4) is 0 Å². The normalized spacial score (nSPS) is 13.3. The summed E-state index contributed by atoms with van der Waals surface area (Å²) in [6, 6.07) is 22.0. The fourth-order valence-electron chi connectivity index (χ4n) is 3.16. The summed E-state index contributed by atoms with van der Waals surface area (Å²) < 4.78 is 5.08. The van der Waals surface area contributed by atoms with E-state index in [2.05, 4.69) is 29.6 Å². The Bertz CT molecular complexity index is 902. The highest BCUT2D eigenvalue weighted by Crippen LogP contribution is 2.24. The van der Waals surface area contributed by atoms with E-state index in [1.54, 1.807) is 0 Å². The molecule has 1 atom stereocenters. The molecule has 0 spiro atoms. The molecule has 3 rings (SSSR count). The first-order chi connectivity index (χ1) is 12.5. The largest absolute Gasteiger partial charge is 0.468 e. The van der Waals surface area contributed by atoms with Gasteiger partial charge < -0.3 is 4.74 Å². The average molecular weight is 368 g/mol. The molecule has 0 aliphatic heterocycles. The molecule has 0 saturated carbocycles. The van der Waals surface area contributed by atoms with Gasteiger partial charge in [0, 0.05) is 18.0 Å². The van der Waals surface area contributed by atoms with Gasteiger partial charge in [-0.15, -0.1) is 0 Å². The highest BCUT2D eigenvalue weighted by molar-refractivity contribution is 6.30. The Hall–Kier alpha value is -2.36. The van der Waals surface area contributed by atoms with Crippen LogP contribution in [0.4, 0.5) is 0 Å². The van der Waals surface area contributed by atoms with Gasteiger partial charge in [0.2, 0.25) is 0 Å². The highest BCUT2D eigenvalue weighted by atomic mass is 35.5. The molecule has 0 amide bonds. The number of hydrogen-bond donors (Lipinski definition) is 1. The Morgan fingerprint density at radius 1 is 1.04 bits per heavy atom. The van der Waals surface area contributed by atoms with Crippen molar-refractivity contribution < 1.29 is 9.53 Å². The minimum Gasteiger partial charge on any atom is -0.468 e. The maximum atomic E-state index is 12.5. The molecule has 0 heterocycles. The van der Waals surface area contributed by atoms with Crippen LogP contribution < -0.4 is 5.32 Å².